The van der Waals surface area contributed by atoms with Crippen molar-refractivity contribution in [3.63, 3.8) is 0 Å². The summed E-state index contributed by atoms with van der Waals surface area (Å²) in [6.45, 7) is 0. The van der Waals surface area contributed by atoms with Crippen LogP contribution in [0.3, 0.4) is 0 Å². The van der Waals surface area contributed by atoms with Crippen molar-refractivity contribution in [2.24, 2.45) is 5.10 Å². The molecule has 0 unspecified atom stereocenters. The zero-order valence-electron chi connectivity index (χ0n) is 12.3. The third-order valence-corrected chi connectivity index (χ3v) is 3.53. The summed E-state index contributed by atoms with van der Waals surface area (Å²) < 4.78 is 1.36. The Morgan fingerprint density at radius 3 is 2.71 bits per heavy atom. The van der Waals surface area contributed by atoms with Gasteiger partial charge in [-0.1, -0.05) is 41.9 Å². The van der Waals surface area contributed by atoms with Crippen LogP contribution in [-0.2, 0) is 0 Å². The van der Waals surface area contributed by atoms with E-state index >= 15 is 0 Å². The highest BCUT2D eigenvalue weighted by Crippen LogP contribution is 2.22. The Balaban J connectivity index is 1.94. The number of nitrogens with zero attached hydrogens (tertiary/aromatic N) is 4. The van der Waals surface area contributed by atoms with Crippen LogP contribution in [0.1, 0.15) is 5.56 Å². The van der Waals surface area contributed by atoms with Crippen LogP contribution in [0, 0.1) is 10.1 Å². The number of anilines is 1. The number of nitrogen functional groups attached to an aromatic ring is 1. The smallest absolute Gasteiger partial charge is 0.279 e. The van der Waals surface area contributed by atoms with Gasteiger partial charge in [-0.15, -0.1) is 0 Å². The number of nitro benzene ring substituents is 1. The normalized spacial score (nSPS) is 11.0. The maximum absolute atomic E-state index is 11.1. The van der Waals surface area contributed by atoms with Crippen LogP contribution < -0.4 is 5.73 Å². The van der Waals surface area contributed by atoms with Gasteiger partial charge in [0.15, 0.2) is 0 Å². The molecule has 1 heterocycles. The van der Waals surface area contributed by atoms with Gasteiger partial charge in [-0.2, -0.15) is 5.10 Å². The van der Waals surface area contributed by atoms with Crippen molar-refractivity contribution in [3.8, 4) is 11.3 Å². The van der Waals surface area contributed by atoms with Gasteiger partial charge < -0.3 is 5.73 Å². The van der Waals surface area contributed by atoms with Crippen LogP contribution in [0.2, 0.25) is 5.02 Å². The third-order valence-electron chi connectivity index (χ3n) is 3.29. The SMILES string of the molecule is Nc1nc(-c2ccccc2)cn1/N=C/c1ccc(Cl)cc1[N+](=O)[O-]. The molecule has 0 saturated carbocycles. The average Bonchev–Trinajstić information content (AvgIpc) is 2.95. The summed E-state index contributed by atoms with van der Waals surface area (Å²) in [5.41, 5.74) is 7.60. The van der Waals surface area contributed by atoms with Crippen molar-refractivity contribution >= 4 is 29.5 Å². The van der Waals surface area contributed by atoms with Crippen molar-refractivity contribution in [1.82, 2.24) is 9.66 Å². The Morgan fingerprint density at radius 2 is 2.00 bits per heavy atom. The predicted octanol–water partition coefficient (Wildman–Crippen LogP) is 3.58. The maximum atomic E-state index is 11.1. The summed E-state index contributed by atoms with van der Waals surface area (Å²) in [4.78, 5) is 14.8. The second-order valence-corrected chi connectivity index (χ2v) is 5.34. The number of nitro groups is 1. The summed E-state index contributed by atoms with van der Waals surface area (Å²) in [5.74, 6) is 0.182. The molecule has 0 aliphatic carbocycles. The zero-order chi connectivity index (χ0) is 17.1. The first-order chi connectivity index (χ1) is 11.5. The molecule has 0 aliphatic heterocycles. The fourth-order valence-electron chi connectivity index (χ4n) is 2.13. The molecular formula is C16H12ClN5O2. The molecule has 0 aliphatic rings. The van der Waals surface area contributed by atoms with Crippen molar-refractivity contribution in [3.05, 3.63) is 75.4 Å². The highest BCUT2D eigenvalue weighted by atomic mass is 35.5. The molecule has 0 radical (unpaired) electrons. The minimum Gasteiger partial charge on any atom is -0.368 e. The highest BCUT2D eigenvalue weighted by Gasteiger charge is 2.13. The molecule has 0 amide bonds. The van der Waals surface area contributed by atoms with E-state index in [-0.39, 0.29) is 16.7 Å². The third kappa shape index (κ3) is 3.26. The molecule has 2 aromatic carbocycles. The molecule has 24 heavy (non-hydrogen) atoms. The number of hydrogen-bond acceptors (Lipinski definition) is 5. The summed E-state index contributed by atoms with van der Waals surface area (Å²) >= 11 is 5.79. The minimum absolute atomic E-state index is 0.131. The average molecular weight is 342 g/mol. The molecule has 0 fully saturated rings. The van der Waals surface area contributed by atoms with E-state index in [1.54, 1.807) is 12.3 Å². The molecule has 0 bridgehead atoms. The van der Waals surface area contributed by atoms with E-state index in [1.165, 1.54) is 23.0 Å². The molecule has 0 spiro atoms. The van der Waals surface area contributed by atoms with E-state index in [2.05, 4.69) is 10.1 Å². The van der Waals surface area contributed by atoms with E-state index in [0.29, 0.717) is 11.3 Å². The van der Waals surface area contributed by atoms with Gasteiger partial charge in [-0.05, 0) is 12.1 Å². The van der Waals surface area contributed by atoms with E-state index < -0.39 is 4.92 Å². The highest BCUT2D eigenvalue weighted by molar-refractivity contribution is 6.30. The lowest BCUT2D eigenvalue weighted by Gasteiger charge is -1.98. The standard InChI is InChI=1S/C16H12ClN5O2/c17-13-7-6-12(15(8-13)22(23)24)9-19-21-10-14(20-16(21)18)11-4-2-1-3-5-11/h1-10H,(H2,18,20)/b19-9+. The minimum atomic E-state index is -0.514. The van der Waals surface area contributed by atoms with E-state index in [0.717, 1.165) is 5.56 Å². The van der Waals surface area contributed by atoms with E-state index in [1.807, 2.05) is 30.3 Å². The number of benzene rings is 2. The zero-order valence-corrected chi connectivity index (χ0v) is 13.1. The molecule has 120 valence electrons. The molecule has 7 nitrogen and oxygen atoms in total. The number of halogens is 1. The van der Waals surface area contributed by atoms with Crippen LogP contribution in [0.15, 0.2) is 59.8 Å². The van der Waals surface area contributed by atoms with Crippen LogP contribution in [0.4, 0.5) is 11.6 Å². The van der Waals surface area contributed by atoms with Gasteiger partial charge >= 0.3 is 0 Å². The van der Waals surface area contributed by atoms with Crippen molar-refractivity contribution < 1.29 is 4.92 Å². The lowest BCUT2D eigenvalue weighted by Crippen LogP contribution is -1.99. The molecule has 3 aromatic rings. The summed E-state index contributed by atoms with van der Waals surface area (Å²) in [7, 11) is 0. The monoisotopic (exact) mass is 341 g/mol. The Hall–Kier alpha value is -3.19. The van der Waals surface area contributed by atoms with Crippen molar-refractivity contribution in [2.45, 2.75) is 0 Å². The number of rotatable bonds is 4. The van der Waals surface area contributed by atoms with E-state index in [4.69, 9.17) is 17.3 Å². The van der Waals surface area contributed by atoms with Gasteiger partial charge in [0, 0.05) is 16.7 Å². The second-order valence-electron chi connectivity index (χ2n) is 4.90. The van der Waals surface area contributed by atoms with Gasteiger partial charge in [0.1, 0.15) is 0 Å². The van der Waals surface area contributed by atoms with Gasteiger partial charge in [0.25, 0.3) is 5.69 Å². The maximum Gasteiger partial charge on any atom is 0.279 e. The van der Waals surface area contributed by atoms with Crippen LogP contribution in [0.25, 0.3) is 11.3 Å². The number of aromatic nitrogens is 2. The Labute approximate surface area is 142 Å². The first-order valence-electron chi connectivity index (χ1n) is 6.93. The first-order valence-corrected chi connectivity index (χ1v) is 7.31. The Morgan fingerprint density at radius 1 is 1.25 bits per heavy atom. The second kappa shape index (κ2) is 6.51. The fraction of sp³-hybridized carbons (Fsp3) is 0. The topological polar surface area (TPSA) is 99.3 Å². The van der Waals surface area contributed by atoms with Gasteiger partial charge in [0.05, 0.1) is 28.6 Å². The first kappa shape index (κ1) is 15.7. The number of nitrogens with two attached hydrogens (primary N) is 1. The Kier molecular flexibility index (Phi) is 4.26. The molecular weight excluding hydrogens is 330 g/mol. The summed E-state index contributed by atoms with van der Waals surface area (Å²) in [6, 6.07) is 13.9. The quantitative estimate of drug-likeness (QED) is 0.445. The van der Waals surface area contributed by atoms with Crippen LogP contribution >= 0.6 is 11.6 Å². The van der Waals surface area contributed by atoms with E-state index in [9.17, 15) is 10.1 Å². The predicted molar refractivity (Wildman–Crippen MR) is 93.2 cm³/mol. The van der Waals surface area contributed by atoms with Crippen LogP contribution in [0.5, 0.6) is 0 Å². The fourth-order valence-corrected chi connectivity index (χ4v) is 2.30. The van der Waals surface area contributed by atoms with Crippen LogP contribution in [-0.4, -0.2) is 20.8 Å². The van der Waals surface area contributed by atoms with Crippen molar-refractivity contribution in [1.29, 1.82) is 0 Å². The molecule has 0 atom stereocenters. The molecule has 0 saturated heterocycles. The molecule has 8 heteroatoms. The summed E-state index contributed by atoms with van der Waals surface area (Å²) in [6.07, 6.45) is 3.00. The largest absolute Gasteiger partial charge is 0.368 e. The van der Waals surface area contributed by atoms with Gasteiger partial charge in [0.2, 0.25) is 5.95 Å². The summed E-state index contributed by atoms with van der Waals surface area (Å²) in [5, 5.41) is 15.5. The van der Waals surface area contributed by atoms with Gasteiger partial charge in [-0.25, -0.2) is 9.66 Å². The van der Waals surface area contributed by atoms with Crippen molar-refractivity contribution in [2.75, 3.05) is 5.73 Å². The molecule has 1 aromatic heterocycles. The molecule has 2 N–H and O–H groups in total. The Bertz CT molecular complexity index is 921. The lowest BCUT2D eigenvalue weighted by molar-refractivity contribution is -0.385. The van der Waals surface area contributed by atoms with Gasteiger partial charge in [-0.3, -0.25) is 10.1 Å². The number of imidazole rings is 1. The lowest BCUT2D eigenvalue weighted by atomic mass is 10.2. The molecule has 3 rings (SSSR count). The number of hydrogen-bond donors (Lipinski definition) is 1.